The Balaban J connectivity index is 3.80. The third kappa shape index (κ3) is 3.86. The average molecular weight is 306 g/mol. The van der Waals surface area contributed by atoms with Crippen molar-refractivity contribution in [2.24, 2.45) is 0 Å². The van der Waals surface area contributed by atoms with Gasteiger partial charge in [-0.1, -0.05) is 74.9 Å². The van der Waals surface area contributed by atoms with Gasteiger partial charge in [0.05, 0.1) is 12.7 Å². The Morgan fingerprint density at radius 1 is 0.913 bits per heavy atom. The Hall–Kier alpha value is -2.87. The van der Waals surface area contributed by atoms with E-state index in [0.717, 1.165) is 22.3 Å². The van der Waals surface area contributed by atoms with Gasteiger partial charge in [0.15, 0.2) is 0 Å². The summed E-state index contributed by atoms with van der Waals surface area (Å²) >= 11 is 0. The van der Waals surface area contributed by atoms with Gasteiger partial charge in [0.25, 0.3) is 0 Å². The van der Waals surface area contributed by atoms with Crippen LogP contribution in [0, 0.1) is 0 Å². The molecule has 1 rings (SSSR count). The third-order valence-corrected chi connectivity index (χ3v) is 3.55. The van der Waals surface area contributed by atoms with Gasteiger partial charge in [-0.3, -0.25) is 0 Å². The van der Waals surface area contributed by atoms with Gasteiger partial charge < -0.3 is 4.74 Å². The van der Waals surface area contributed by atoms with Crippen molar-refractivity contribution in [3.05, 3.63) is 97.2 Å². The van der Waals surface area contributed by atoms with Crippen LogP contribution < -0.4 is 0 Å². The molecule has 2 nitrogen and oxygen atoms in total. The highest BCUT2D eigenvalue weighted by atomic mass is 16.5. The Kier molecular flexibility index (Phi) is 6.75. The normalized spacial score (nSPS) is 12.4. The van der Waals surface area contributed by atoms with Crippen molar-refractivity contribution in [1.29, 1.82) is 0 Å². The second-order valence-electron chi connectivity index (χ2n) is 4.78. The van der Waals surface area contributed by atoms with E-state index in [0.29, 0.717) is 11.1 Å². The van der Waals surface area contributed by atoms with Crippen LogP contribution in [0.15, 0.2) is 86.0 Å². The Labute approximate surface area is 138 Å². The lowest BCUT2D eigenvalue weighted by molar-refractivity contribution is -0.135. The van der Waals surface area contributed by atoms with Crippen LogP contribution >= 0.6 is 0 Å². The standard InChI is InChI=1S/C21H22O2/c1-7-15(5)16(8-2)19-13-11-12-14-20(19)17(9-3)18(10-4)21(22)23-6/h7-14H,1-4H2,5-6H3/b16-15+,18-17-. The predicted molar refractivity (Wildman–Crippen MR) is 98.8 cm³/mol. The third-order valence-electron chi connectivity index (χ3n) is 3.55. The van der Waals surface area contributed by atoms with Crippen molar-refractivity contribution in [2.45, 2.75) is 6.92 Å². The Morgan fingerprint density at radius 2 is 1.43 bits per heavy atom. The van der Waals surface area contributed by atoms with E-state index in [2.05, 4.69) is 26.3 Å². The molecule has 0 saturated heterocycles. The minimum atomic E-state index is -0.450. The molecule has 0 aliphatic rings. The maximum Gasteiger partial charge on any atom is 0.338 e. The van der Waals surface area contributed by atoms with Gasteiger partial charge in [0.2, 0.25) is 0 Å². The number of carbonyl (C=O) groups excluding carboxylic acids is 1. The van der Waals surface area contributed by atoms with Crippen molar-refractivity contribution in [1.82, 2.24) is 0 Å². The van der Waals surface area contributed by atoms with Crippen LogP contribution in [0.25, 0.3) is 11.1 Å². The van der Waals surface area contributed by atoms with E-state index in [-0.39, 0.29) is 0 Å². The second-order valence-corrected chi connectivity index (χ2v) is 4.78. The van der Waals surface area contributed by atoms with E-state index >= 15 is 0 Å². The van der Waals surface area contributed by atoms with Crippen LogP contribution in [0.1, 0.15) is 18.1 Å². The molecule has 1 aromatic rings. The summed E-state index contributed by atoms with van der Waals surface area (Å²) in [4.78, 5) is 12.0. The monoisotopic (exact) mass is 306 g/mol. The molecular formula is C21H22O2. The summed E-state index contributed by atoms with van der Waals surface area (Å²) in [6, 6.07) is 7.74. The highest BCUT2D eigenvalue weighted by molar-refractivity contribution is 6.04. The highest BCUT2D eigenvalue weighted by Crippen LogP contribution is 2.31. The number of methoxy groups -OCH3 is 1. The minimum Gasteiger partial charge on any atom is -0.465 e. The molecule has 0 aliphatic heterocycles. The number of allylic oxidation sites excluding steroid dienone is 6. The molecule has 2 heteroatoms. The van der Waals surface area contributed by atoms with Crippen molar-refractivity contribution in [3.63, 3.8) is 0 Å². The number of carbonyl (C=O) groups is 1. The first-order valence-electron chi connectivity index (χ1n) is 7.18. The molecule has 0 amide bonds. The predicted octanol–water partition coefficient (Wildman–Crippen LogP) is 5.13. The zero-order valence-electron chi connectivity index (χ0n) is 13.8. The van der Waals surface area contributed by atoms with Crippen LogP contribution in [0.2, 0.25) is 0 Å². The smallest absolute Gasteiger partial charge is 0.338 e. The van der Waals surface area contributed by atoms with Gasteiger partial charge in [-0.05, 0) is 34.8 Å². The largest absolute Gasteiger partial charge is 0.465 e. The van der Waals surface area contributed by atoms with Gasteiger partial charge in [0.1, 0.15) is 0 Å². The van der Waals surface area contributed by atoms with E-state index in [1.165, 1.54) is 13.2 Å². The fourth-order valence-corrected chi connectivity index (χ4v) is 2.32. The fraction of sp³-hybridized carbons (Fsp3) is 0.0952. The van der Waals surface area contributed by atoms with Gasteiger partial charge >= 0.3 is 5.97 Å². The van der Waals surface area contributed by atoms with Crippen molar-refractivity contribution >= 4 is 17.1 Å². The number of benzene rings is 1. The lowest BCUT2D eigenvalue weighted by Gasteiger charge is -2.15. The molecule has 0 heterocycles. The molecule has 0 fully saturated rings. The van der Waals surface area contributed by atoms with E-state index in [9.17, 15) is 4.79 Å². The number of rotatable bonds is 7. The molecule has 0 saturated carbocycles. The summed E-state index contributed by atoms with van der Waals surface area (Å²) < 4.78 is 4.84. The molecule has 0 spiro atoms. The summed E-state index contributed by atoms with van der Waals surface area (Å²) in [6.07, 6.45) is 6.68. The minimum absolute atomic E-state index is 0.370. The fourth-order valence-electron chi connectivity index (χ4n) is 2.32. The number of hydrogen-bond acceptors (Lipinski definition) is 2. The van der Waals surface area contributed by atoms with Crippen LogP contribution in [-0.2, 0) is 9.53 Å². The van der Waals surface area contributed by atoms with Crippen molar-refractivity contribution in [2.75, 3.05) is 7.11 Å². The molecule has 0 aromatic heterocycles. The van der Waals surface area contributed by atoms with E-state index < -0.39 is 5.97 Å². The lowest BCUT2D eigenvalue weighted by atomic mass is 9.89. The van der Waals surface area contributed by atoms with Crippen LogP contribution in [-0.4, -0.2) is 13.1 Å². The number of esters is 1. The molecule has 0 bridgehead atoms. The molecule has 23 heavy (non-hydrogen) atoms. The summed E-state index contributed by atoms with van der Waals surface area (Å²) in [5.41, 5.74) is 4.78. The first-order chi connectivity index (χ1) is 11.0. The molecule has 1 aromatic carbocycles. The maximum atomic E-state index is 12.0. The first-order valence-corrected chi connectivity index (χ1v) is 7.18. The molecule has 0 aliphatic carbocycles. The maximum absolute atomic E-state index is 12.0. The van der Waals surface area contributed by atoms with Crippen molar-refractivity contribution in [3.8, 4) is 0 Å². The van der Waals surface area contributed by atoms with E-state index in [1.807, 2.05) is 31.2 Å². The first kappa shape index (κ1) is 18.2. The van der Waals surface area contributed by atoms with Gasteiger partial charge in [-0.25, -0.2) is 4.79 Å². The van der Waals surface area contributed by atoms with E-state index in [1.54, 1.807) is 18.2 Å². The quantitative estimate of drug-likeness (QED) is 0.396. The number of ether oxygens (including phenoxy) is 1. The highest BCUT2D eigenvalue weighted by Gasteiger charge is 2.16. The van der Waals surface area contributed by atoms with Gasteiger partial charge in [-0.15, -0.1) is 0 Å². The summed E-state index contributed by atoms with van der Waals surface area (Å²) in [5, 5.41) is 0. The van der Waals surface area contributed by atoms with Crippen molar-refractivity contribution < 1.29 is 9.53 Å². The lowest BCUT2D eigenvalue weighted by Crippen LogP contribution is -2.06. The molecular weight excluding hydrogens is 284 g/mol. The zero-order valence-corrected chi connectivity index (χ0v) is 13.8. The summed E-state index contributed by atoms with van der Waals surface area (Å²) in [6.45, 7) is 17.2. The van der Waals surface area contributed by atoms with Gasteiger partial charge in [-0.2, -0.15) is 0 Å². The SMILES string of the molecule is C=C/C(C(=O)OC)=C(\C=C)c1ccccc1/C(C=C)=C(\C)C=C. The van der Waals surface area contributed by atoms with Crippen LogP contribution in [0.4, 0.5) is 0 Å². The average Bonchev–Trinajstić information content (AvgIpc) is 2.59. The summed E-state index contributed by atoms with van der Waals surface area (Å²) in [7, 11) is 1.34. The number of hydrogen-bond donors (Lipinski definition) is 0. The molecule has 0 atom stereocenters. The molecule has 0 N–H and O–H groups in total. The van der Waals surface area contributed by atoms with Crippen LogP contribution in [0.5, 0.6) is 0 Å². The molecule has 118 valence electrons. The Morgan fingerprint density at radius 3 is 1.83 bits per heavy atom. The second kappa shape index (κ2) is 8.54. The van der Waals surface area contributed by atoms with Gasteiger partial charge in [0, 0.05) is 0 Å². The molecule has 0 unspecified atom stereocenters. The van der Waals surface area contributed by atoms with E-state index in [4.69, 9.17) is 4.74 Å². The molecule has 0 radical (unpaired) electrons. The zero-order chi connectivity index (χ0) is 17.4. The Bertz CT molecular complexity index is 715. The topological polar surface area (TPSA) is 26.3 Å². The van der Waals surface area contributed by atoms with Crippen LogP contribution in [0.3, 0.4) is 0 Å². The summed E-state index contributed by atoms with van der Waals surface area (Å²) in [5.74, 6) is -0.450.